The number of hydrazone groups is 1. The van der Waals surface area contributed by atoms with Crippen LogP contribution >= 0.6 is 0 Å². The number of fused-ring (bicyclic) bond motifs is 1. The summed E-state index contributed by atoms with van der Waals surface area (Å²) in [5.41, 5.74) is 3.53. The van der Waals surface area contributed by atoms with Crippen molar-refractivity contribution >= 4 is 34.4 Å². The molecule has 4 aromatic rings. The normalized spacial score (nSPS) is 20.0. The Hall–Kier alpha value is -5.00. The molecule has 12 heteroatoms. The van der Waals surface area contributed by atoms with Crippen LogP contribution in [0.1, 0.15) is 48.3 Å². The van der Waals surface area contributed by atoms with Crippen LogP contribution in [0, 0.1) is 11.8 Å². The van der Waals surface area contributed by atoms with Gasteiger partial charge in [0.25, 0.3) is 5.91 Å². The Balaban J connectivity index is 1.13. The van der Waals surface area contributed by atoms with Crippen molar-refractivity contribution in [2.24, 2.45) is 33.0 Å². The molecule has 3 heterocycles. The van der Waals surface area contributed by atoms with Crippen LogP contribution in [0.2, 0.25) is 0 Å². The molecule has 1 aliphatic carbocycles. The second-order valence-electron chi connectivity index (χ2n) is 10.9. The zero-order valence-electron chi connectivity index (χ0n) is 23.6. The number of hydrogen-bond donors (Lipinski definition) is 2. The Morgan fingerprint density at radius 3 is 2.60 bits per heavy atom. The third-order valence-corrected chi connectivity index (χ3v) is 7.86. The molecule has 43 heavy (non-hydrogen) atoms. The first-order chi connectivity index (χ1) is 20.9. The molecule has 0 spiro atoms. The average Bonchev–Trinajstić information content (AvgIpc) is 3.63. The van der Waals surface area contributed by atoms with Gasteiger partial charge in [-0.25, -0.2) is 9.37 Å². The summed E-state index contributed by atoms with van der Waals surface area (Å²) in [6.45, 7) is 2.81. The molecule has 2 aromatic carbocycles. The van der Waals surface area contributed by atoms with Crippen molar-refractivity contribution in [1.82, 2.24) is 14.9 Å². The molecule has 2 aliphatic rings. The van der Waals surface area contributed by atoms with E-state index in [2.05, 4.69) is 30.6 Å². The average molecular weight is 583 g/mol. The highest BCUT2D eigenvalue weighted by Gasteiger charge is 2.43. The van der Waals surface area contributed by atoms with Crippen molar-refractivity contribution in [1.29, 1.82) is 0 Å². The van der Waals surface area contributed by atoms with Gasteiger partial charge >= 0.3 is 0 Å². The van der Waals surface area contributed by atoms with Gasteiger partial charge in [-0.1, -0.05) is 30.3 Å². The van der Waals surface area contributed by atoms with Gasteiger partial charge in [0.1, 0.15) is 17.4 Å². The Morgan fingerprint density at radius 1 is 1.12 bits per heavy atom. The number of amidine groups is 1. The van der Waals surface area contributed by atoms with Gasteiger partial charge < -0.3 is 20.5 Å². The fraction of sp³-hybridized carbons (Fsp3) is 0.323. The fourth-order valence-electron chi connectivity index (χ4n) is 5.31. The number of benzene rings is 2. The highest BCUT2D eigenvalue weighted by molar-refractivity contribution is 5.96. The molecule has 1 saturated heterocycles. The number of alkyl halides is 1. The number of carbonyl (C=O) groups excluding carboxylic acids is 2. The molecule has 220 valence electrons. The van der Waals surface area contributed by atoms with Gasteiger partial charge in [-0.15, -0.1) is 5.11 Å². The molecule has 1 aliphatic heterocycles. The molecule has 0 unspecified atom stereocenters. The maximum atomic E-state index is 13.5. The van der Waals surface area contributed by atoms with Gasteiger partial charge in [0.05, 0.1) is 12.0 Å². The van der Waals surface area contributed by atoms with Crippen molar-refractivity contribution in [3.63, 3.8) is 0 Å². The molecule has 3 atom stereocenters. The van der Waals surface area contributed by atoms with Crippen LogP contribution < -0.4 is 11.2 Å². The minimum absolute atomic E-state index is 0.168. The molecule has 11 nitrogen and oxygen atoms in total. The predicted octanol–water partition coefficient (Wildman–Crippen LogP) is 5.52. The minimum Gasteiger partial charge on any atom is -0.436 e. The lowest BCUT2D eigenvalue weighted by Crippen LogP contribution is -2.40. The molecule has 1 saturated carbocycles. The second kappa shape index (κ2) is 12.1. The standard InChI is InChI=1S/C31H31FN8O3/c1-18(37-33)38-39-28(19-5-3-2-4-6-19)20-10-13-40(14-11-20)31(42)26-15-21(9-12-34-26)30-36-25-16-22(7-8-27(25)43-30)35-29(41)23-17-24(23)32/h2-9,12,15-16,20,23-24,28H,10-11,13-14,17,33H2,1H3,(H,35,41)/t23-,24+,28-/m1/s1. The van der Waals surface area contributed by atoms with E-state index in [0.717, 1.165) is 18.4 Å². The van der Waals surface area contributed by atoms with Gasteiger partial charge in [-0.3, -0.25) is 14.6 Å². The van der Waals surface area contributed by atoms with E-state index < -0.39 is 12.1 Å². The topological polar surface area (TPSA) is 151 Å². The minimum atomic E-state index is -1.07. The van der Waals surface area contributed by atoms with E-state index in [0.29, 0.717) is 52.9 Å². The lowest BCUT2D eigenvalue weighted by atomic mass is 9.86. The SMILES string of the molecule is CC(N=N[C@H](c1ccccc1)C1CCN(C(=O)c2cc(-c3nc4cc(NC(=O)[C@@H]5C[C@@H]5F)ccc4o3)ccn2)CC1)=NN. The maximum absolute atomic E-state index is 13.5. The van der Waals surface area contributed by atoms with Crippen molar-refractivity contribution in [2.45, 2.75) is 38.4 Å². The number of pyridine rings is 1. The number of nitrogens with zero attached hydrogens (tertiary/aromatic N) is 6. The summed E-state index contributed by atoms with van der Waals surface area (Å²) < 4.78 is 19.2. The number of amides is 2. The number of anilines is 1. The summed E-state index contributed by atoms with van der Waals surface area (Å²) in [6, 6.07) is 18.3. The molecular weight excluding hydrogens is 551 g/mol. The van der Waals surface area contributed by atoms with Gasteiger partial charge in [0.15, 0.2) is 11.4 Å². The summed E-state index contributed by atoms with van der Waals surface area (Å²) in [5, 5.41) is 15.1. The van der Waals surface area contributed by atoms with E-state index in [1.54, 1.807) is 48.4 Å². The van der Waals surface area contributed by atoms with Crippen molar-refractivity contribution in [3.05, 3.63) is 78.1 Å². The Bertz CT molecular complexity index is 1700. The van der Waals surface area contributed by atoms with Crippen LogP contribution in [0.3, 0.4) is 0 Å². The van der Waals surface area contributed by atoms with Crippen LogP contribution in [0.4, 0.5) is 10.1 Å². The summed E-state index contributed by atoms with van der Waals surface area (Å²) >= 11 is 0. The Morgan fingerprint density at radius 2 is 1.88 bits per heavy atom. The summed E-state index contributed by atoms with van der Waals surface area (Å²) in [7, 11) is 0. The number of aromatic nitrogens is 2. The predicted molar refractivity (Wildman–Crippen MR) is 159 cm³/mol. The molecular formula is C31H31FN8O3. The summed E-state index contributed by atoms with van der Waals surface area (Å²) in [5.74, 6) is 5.16. The van der Waals surface area contributed by atoms with E-state index in [1.165, 1.54) is 0 Å². The smallest absolute Gasteiger partial charge is 0.272 e. The number of likely N-dealkylation sites (tertiary alicyclic amines) is 1. The highest BCUT2D eigenvalue weighted by atomic mass is 19.1. The summed E-state index contributed by atoms with van der Waals surface area (Å²) in [6.07, 6.45) is 2.25. The van der Waals surface area contributed by atoms with Gasteiger partial charge in [-0.05, 0) is 68.0 Å². The van der Waals surface area contributed by atoms with E-state index in [9.17, 15) is 14.0 Å². The number of piperidine rings is 1. The van der Waals surface area contributed by atoms with E-state index in [-0.39, 0.29) is 30.2 Å². The van der Waals surface area contributed by atoms with Crippen molar-refractivity contribution in [2.75, 3.05) is 18.4 Å². The number of rotatable bonds is 7. The molecule has 2 aromatic heterocycles. The molecule has 0 radical (unpaired) electrons. The molecule has 3 N–H and O–H groups in total. The highest BCUT2D eigenvalue weighted by Crippen LogP contribution is 2.36. The number of hydrogen-bond acceptors (Lipinski definition) is 8. The zero-order chi connectivity index (χ0) is 29.9. The molecule has 6 rings (SSSR count). The van der Waals surface area contributed by atoms with Gasteiger partial charge in [0, 0.05) is 30.5 Å². The summed E-state index contributed by atoms with van der Waals surface area (Å²) in [4.78, 5) is 36.3. The van der Waals surface area contributed by atoms with Crippen LogP contribution in [0.15, 0.2) is 86.6 Å². The molecule has 0 bridgehead atoms. The van der Waals surface area contributed by atoms with Gasteiger partial charge in [0.2, 0.25) is 11.8 Å². The maximum Gasteiger partial charge on any atom is 0.272 e. The second-order valence-corrected chi connectivity index (χ2v) is 10.9. The molecule has 2 fully saturated rings. The zero-order valence-corrected chi connectivity index (χ0v) is 23.6. The Kier molecular flexibility index (Phi) is 7.91. The lowest BCUT2D eigenvalue weighted by Gasteiger charge is -2.34. The molecule has 2 amide bonds. The first kappa shape index (κ1) is 28.1. The first-order valence-corrected chi connectivity index (χ1v) is 14.2. The van der Waals surface area contributed by atoms with Gasteiger partial charge in [-0.2, -0.15) is 10.2 Å². The third kappa shape index (κ3) is 6.27. The van der Waals surface area contributed by atoms with E-state index >= 15 is 0 Å². The number of carbonyl (C=O) groups is 2. The van der Waals surface area contributed by atoms with Crippen LogP contribution in [-0.4, -0.2) is 51.8 Å². The third-order valence-electron chi connectivity index (χ3n) is 7.86. The first-order valence-electron chi connectivity index (χ1n) is 14.2. The van der Waals surface area contributed by atoms with E-state index in [4.69, 9.17) is 10.3 Å². The van der Waals surface area contributed by atoms with E-state index in [1.807, 2.05) is 30.3 Å². The monoisotopic (exact) mass is 582 g/mol. The number of nitrogens with two attached hydrogens (primary N) is 1. The van der Waals surface area contributed by atoms with Crippen LogP contribution in [0.25, 0.3) is 22.6 Å². The van der Waals surface area contributed by atoms with Crippen molar-refractivity contribution < 1.29 is 18.4 Å². The number of halogens is 1. The quantitative estimate of drug-likeness (QED) is 0.0962. The number of nitrogens with one attached hydrogen (secondary N) is 1. The van der Waals surface area contributed by atoms with Crippen LogP contribution in [0.5, 0.6) is 0 Å². The number of azo groups is 1. The largest absolute Gasteiger partial charge is 0.436 e. The van der Waals surface area contributed by atoms with Crippen molar-refractivity contribution in [3.8, 4) is 11.5 Å². The lowest BCUT2D eigenvalue weighted by molar-refractivity contribution is -0.117. The fourth-order valence-corrected chi connectivity index (χ4v) is 5.31. The number of oxazole rings is 1. The Labute approximate surface area is 247 Å². The van der Waals surface area contributed by atoms with Crippen LogP contribution in [-0.2, 0) is 4.79 Å².